The Bertz CT molecular complexity index is 1100. The summed E-state index contributed by atoms with van der Waals surface area (Å²) in [7, 11) is 3.27. The second-order valence-electron chi connectivity index (χ2n) is 9.24. The van der Waals surface area contributed by atoms with Gasteiger partial charge in [0.05, 0.1) is 26.2 Å². The first-order valence-electron chi connectivity index (χ1n) is 12.0. The number of methoxy groups -OCH3 is 2. The van der Waals surface area contributed by atoms with E-state index in [0.717, 1.165) is 41.2 Å². The number of likely N-dealkylation sites (tertiary alicyclic amines) is 1. The summed E-state index contributed by atoms with van der Waals surface area (Å²) in [4.78, 5) is 15.7. The van der Waals surface area contributed by atoms with E-state index in [-0.39, 0.29) is 29.6 Å². The van der Waals surface area contributed by atoms with Crippen molar-refractivity contribution in [3.63, 3.8) is 0 Å². The largest absolute Gasteiger partial charge is 0.497 e. The number of carbonyl (C=O) groups excluding carboxylic acids is 1. The molecule has 3 atom stereocenters. The molecule has 0 bridgehead atoms. The fourth-order valence-corrected chi connectivity index (χ4v) is 4.86. The van der Waals surface area contributed by atoms with Gasteiger partial charge >= 0.3 is 0 Å². The molecule has 1 fully saturated rings. The number of rotatable bonds is 8. The normalized spacial score (nSPS) is 19.1. The van der Waals surface area contributed by atoms with Gasteiger partial charge in [0.25, 0.3) is 0 Å². The maximum atomic E-state index is 13.6. The topological polar surface area (TPSA) is 50.8 Å². The number of ether oxygens (including phenoxy) is 2. The Morgan fingerprint density at radius 2 is 1.66 bits per heavy atom. The molecule has 6 heteroatoms. The summed E-state index contributed by atoms with van der Waals surface area (Å²) in [5, 5.41) is 3.20. The molecular formula is C29H33FN2O3. The molecule has 1 amide bonds. The maximum Gasteiger partial charge on any atom is 0.224 e. The standard InChI is InChI=1S/C29H33FN2O3/c1-20(22-7-5-4-6-8-22)31-29(33)25-15-24(23-9-11-26(30)12-10-23)18-32(19-25)17-21-13-27(34-2)16-28(14-21)35-3/h4-14,16,20,24-25H,15,17-19H2,1-3H3,(H,31,33). The van der Waals surface area contributed by atoms with Crippen molar-refractivity contribution in [3.8, 4) is 11.5 Å². The van der Waals surface area contributed by atoms with Crippen molar-refractivity contribution in [1.82, 2.24) is 10.2 Å². The zero-order valence-electron chi connectivity index (χ0n) is 20.5. The van der Waals surface area contributed by atoms with E-state index in [1.165, 1.54) is 12.1 Å². The Hall–Kier alpha value is -3.38. The van der Waals surface area contributed by atoms with Crippen molar-refractivity contribution >= 4 is 5.91 Å². The average molecular weight is 477 g/mol. The van der Waals surface area contributed by atoms with Gasteiger partial charge in [0, 0.05) is 25.7 Å². The van der Waals surface area contributed by atoms with Gasteiger partial charge < -0.3 is 14.8 Å². The molecule has 3 aromatic carbocycles. The van der Waals surface area contributed by atoms with Crippen molar-refractivity contribution in [2.24, 2.45) is 5.92 Å². The lowest BCUT2D eigenvalue weighted by molar-refractivity contribution is -0.127. The van der Waals surface area contributed by atoms with Gasteiger partial charge in [0.2, 0.25) is 5.91 Å². The number of carbonyl (C=O) groups is 1. The van der Waals surface area contributed by atoms with Crippen LogP contribution in [0.4, 0.5) is 4.39 Å². The minimum absolute atomic E-state index is 0.0430. The molecule has 5 nitrogen and oxygen atoms in total. The van der Waals surface area contributed by atoms with Crippen LogP contribution in [-0.2, 0) is 11.3 Å². The van der Waals surface area contributed by atoms with E-state index in [9.17, 15) is 9.18 Å². The number of piperidine rings is 1. The molecule has 0 saturated carbocycles. The summed E-state index contributed by atoms with van der Waals surface area (Å²) in [6, 6.07) is 22.4. The molecule has 3 aromatic rings. The summed E-state index contributed by atoms with van der Waals surface area (Å²) in [6.07, 6.45) is 0.719. The van der Waals surface area contributed by atoms with Crippen molar-refractivity contribution in [1.29, 1.82) is 0 Å². The Morgan fingerprint density at radius 1 is 1.00 bits per heavy atom. The number of hydrogen-bond acceptors (Lipinski definition) is 4. The number of benzene rings is 3. The van der Waals surface area contributed by atoms with Gasteiger partial charge in [-0.25, -0.2) is 4.39 Å². The van der Waals surface area contributed by atoms with Crippen molar-refractivity contribution in [3.05, 3.63) is 95.3 Å². The van der Waals surface area contributed by atoms with E-state index in [1.807, 2.05) is 67.6 Å². The molecule has 3 unspecified atom stereocenters. The van der Waals surface area contributed by atoms with Crippen LogP contribution in [0.5, 0.6) is 11.5 Å². The fourth-order valence-electron chi connectivity index (χ4n) is 4.86. The van der Waals surface area contributed by atoms with Crippen LogP contribution in [0.3, 0.4) is 0 Å². The first kappa shape index (κ1) is 24.7. The molecule has 35 heavy (non-hydrogen) atoms. The molecule has 1 aliphatic heterocycles. The average Bonchev–Trinajstić information content (AvgIpc) is 2.89. The van der Waals surface area contributed by atoms with E-state index in [4.69, 9.17) is 9.47 Å². The fraction of sp³-hybridized carbons (Fsp3) is 0.345. The number of halogens is 1. The molecular weight excluding hydrogens is 443 g/mol. The Labute approximate surface area is 206 Å². The van der Waals surface area contributed by atoms with Crippen molar-refractivity contribution in [2.75, 3.05) is 27.3 Å². The molecule has 1 heterocycles. The third-order valence-corrected chi connectivity index (χ3v) is 6.71. The molecule has 0 aliphatic carbocycles. The first-order valence-corrected chi connectivity index (χ1v) is 12.0. The summed E-state index contributed by atoms with van der Waals surface area (Å²) in [5.41, 5.74) is 3.18. The predicted molar refractivity (Wildman–Crippen MR) is 135 cm³/mol. The maximum absolute atomic E-state index is 13.6. The number of amides is 1. The number of hydrogen-bond donors (Lipinski definition) is 1. The predicted octanol–water partition coefficient (Wildman–Crippen LogP) is 5.33. The molecule has 1 saturated heterocycles. The third kappa shape index (κ3) is 6.40. The first-order chi connectivity index (χ1) is 16.9. The molecule has 0 radical (unpaired) electrons. The highest BCUT2D eigenvalue weighted by molar-refractivity contribution is 5.79. The van der Waals surface area contributed by atoms with Crippen molar-refractivity contribution < 1.29 is 18.7 Å². The summed E-state index contributed by atoms with van der Waals surface area (Å²) < 4.78 is 24.4. The summed E-state index contributed by atoms with van der Waals surface area (Å²) in [6.45, 7) is 4.09. The molecule has 1 N–H and O–H groups in total. The van der Waals surface area contributed by atoms with Gasteiger partial charge in [-0.2, -0.15) is 0 Å². The number of nitrogens with one attached hydrogen (secondary N) is 1. The lowest BCUT2D eigenvalue weighted by Gasteiger charge is -2.38. The van der Waals surface area contributed by atoms with Gasteiger partial charge in [0.1, 0.15) is 17.3 Å². The van der Waals surface area contributed by atoms with Crippen LogP contribution in [0.2, 0.25) is 0 Å². The minimum Gasteiger partial charge on any atom is -0.497 e. The van der Waals surface area contributed by atoms with Gasteiger partial charge in [-0.1, -0.05) is 42.5 Å². The Morgan fingerprint density at radius 3 is 2.29 bits per heavy atom. The number of nitrogens with zero attached hydrogens (tertiary/aromatic N) is 1. The lowest BCUT2D eigenvalue weighted by Crippen LogP contribution is -2.45. The van der Waals surface area contributed by atoms with Gasteiger partial charge in [-0.3, -0.25) is 9.69 Å². The quantitative estimate of drug-likeness (QED) is 0.478. The second-order valence-corrected chi connectivity index (χ2v) is 9.24. The van der Waals surface area contributed by atoms with E-state index in [2.05, 4.69) is 10.2 Å². The third-order valence-electron chi connectivity index (χ3n) is 6.71. The Balaban J connectivity index is 1.54. The summed E-state index contributed by atoms with van der Waals surface area (Å²) >= 11 is 0. The van der Waals surface area contributed by atoms with Crippen LogP contribution in [0.1, 0.15) is 42.0 Å². The molecule has 0 spiro atoms. The van der Waals surface area contributed by atoms with Crippen LogP contribution in [0.15, 0.2) is 72.8 Å². The van der Waals surface area contributed by atoms with Crippen LogP contribution >= 0.6 is 0 Å². The SMILES string of the molecule is COc1cc(CN2CC(C(=O)NC(C)c3ccccc3)CC(c3ccc(F)cc3)C2)cc(OC)c1. The van der Waals surface area contributed by atoms with E-state index < -0.39 is 0 Å². The van der Waals surface area contributed by atoms with E-state index >= 15 is 0 Å². The van der Waals surface area contributed by atoms with Crippen molar-refractivity contribution in [2.45, 2.75) is 31.8 Å². The monoisotopic (exact) mass is 476 g/mol. The van der Waals surface area contributed by atoms with Crippen LogP contribution in [0, 0.1) is 11.7 Å². The van der Waals surface area contributed by atoms with Gasteiger partial charge in [-0.15, -0.1) is 0 Å². The van der Waals surface area contributed by atoms with Gasteiger partial charge in [-0.05, 0) is 60.2 Å². The highest BCUT2D eigenvalue weighted by Crippen LogP contribution is 2.33. The summed E-state index contributed by atoms with van der Waals surface area (Å²) in [5.74, 6) is 1.20. The minimum atomic E-state index is -0.254. The highest BCUT2D eigenvalue weighted by atomic mass is 19.1. The molecule has 184 valence electrons. The van der Waals surface area contributed by atoms with Crippen LogP contribution in [-0.4, -0.2) is 38.1 Å². The zero-order valence-corrected chi connectivity index (χ0v) is 20.5. The smallest absolute Gasteiger partial charge is 0.224 e. The van der Waals surface area contributed by atoms with E-state index in [0.29, 0.717) is 13.1 Å². The van der Waals surface area contributed by atoms with Crippen LogP contribution < -0.4 is 14.8 Å². The van der Waals surface area contributed by atoms with Gasteiger partial charge in [0.15, 0.2) is 0 Å². The Kier molecular flexibility index (Phi) is 8.03. The zero-order chi connectivity index (χ0) is 24.8. The second kappa shape index (κ2) is 11.4. The highest BCUT2D eigenvalue weighted by Gasteiger charge is 2.33. The molecule has 4 rings (SSSR count). The van der Waals surface area contributed by atoms with E-state index in [1.54, 1.807) is 14.2 Å². The molecule has 1 aliphatic rings. The lowest BCUT2D eigenvalue weighted by atomic mass is 9.83. The molecule has 0 aromatic heterocycles. The van der Waals surface area contributed by atoms with Crippen LogP contribution in [0.25, 0.3) is 0 Å².